The van der Waals surface area contributed by atoms with Crippen LogP contribution in [0.2, 0.25) is 0 Å². The summed E-state index contributed by atoms with van der Waals surface area (Å²) in [5.41, 5.74) is 5.44. The van der Waals surface area contributed by atoms with E-state index in [0.29, 0.717) is 28.0 Å². The predicted molar refractivity (Wildman–Crippen MR) is 153 cm³/mol. The molecule has 12 nitrogen and oxygen atoms in total. The van der Waals surface area contributed by atoms with Crippen molar-refractivity contribution in [3.8, 4) is 11.4 Å². The first-order valence-electron chi connectivity index (χ1n) is 13.4. The highest BCUT2D eigenvalue weighted by Gasteiger charge is 2.47. The number of nitrogens with two attached hydrogens (primary N) is 1. The Hall–Kier alpha value is -5.27. The molecule has 0 aliphatic carbocycles. The van der Waals surface area contributed by atoms with E-state index in [2.05, 4.69) is 15.6 Å². The van der Waals surface area contributed by atoms with Gasteiger partial charge in [-0.3, -0.25) is 14.5 Å². The maximum absolute atomic E-state index is 13.9. The van der Waals surface area contributed by atoms with Crippen LogP contribution in [0.4, 0.5) is 16.0 Å². The van der Waals surface area contributed by atoms with E-state index >= 15 is 0 Å². The van der Waals surface area contributed by atoms with Gasteiger partial charge in [0.05, 0.1) is 36.3 Å². The number of anilines is 2. The Balaban J connectivity index is 1.29. The van der Waals surface area contributed by atoms with Gasteiger partial charge in [0.15, 0.2) is 23.3 Å². The molecule has 1 aliphatic rings. The number of nitrogen functional groups attached to an aromatic ring is 1. The third-order valence-electron chi connectivity index (χ3n) is 7.30. The minimum absolute atomic E-state index is 0.00672. The standard InChI is InChI=1S/C30H27FN6O6/c31-19-6-8-20(9-7-19)37-12-11-25(34-37)36-13-14-42-26(29(36)40)30(41,17-33-28(39)21-3-1-2-4-23(21)38)16-18-5-10-22-24(15-18)43-35-27(22)32/h1-12,15,26,38,41H,13-14,16-17H2,(H2,32,35)(H,33,39)/t26-,30?/m0/s1. The zero-order valence-electron chi connectivity index (χ0n) is 22.7. The van der Waals surface area contributed by atoms with Gasteiger partial charge in [-0.05, 0) is 54.1 Å². The molecular weight excluding hydrogens is 559 g/mol. The van der Waals surface area contributed by atoms with E-state index in [0.717, 1.165) is 0 Å². The summed E-state index contributed by atoms with van der Waals surface area (Å²) in [4.78, 5) is 28.2. The van der Waals surface area contributed by atoms with Gasteiger partial charge in [-0.2, -0.15) is 0 Å². The summed E-state index contributed by atoms with van der Waals surface area (Å²) >= 11 is 0. The van der Waals surface area contributed by atoms with Crippen LogP contribution in [0, 0.1) is 5.82 Å². The Labute approximate surface area is 244 Å². The van der Waals surface area contributed by atoms with E-state index < -0.39 is 30.1 Å². The van der Waals surface area contributed by atoms with Gasteiger partial charge in [0.2, 0.25) is 0 Å². The second-order valence-electron chi connectivity index (χ2n) is 10.2. The van der Waals surface area contributed by atoms with Crippen LogP contribution in [0.1, 0.15) is 15.9 Å². The maximum Gasteiger partial charge on any atom is 0.260 e. The van der Waals surface area contributed by atoms with Crippen LogP contribution in [0.3, 0.4) is 0 Å². The number of nitrogens with zero attached hydrogens (tertiary/aromatic N) is 4. The summed E-state index contributed by atoms with van der Waals surface area (Å²) < 4.78 is 26.0. The molecule has 3 aromatic carbocycles. The summed E-state index contributed by atoms with van der Waals surface area (Å²) in [5, 5.41) is 33.7. The van der Waals surface area contributed by atoms with Crippen LogP contribution in [-0.2, 0) is 16.0 Å². The van der Waals surface area contributed by atoms with E-state index in [1.165, 1.54) is 33.8 Å². The summed E-state index contributed by atoms with van der Waals surface area (Å²) in [5.74, 6) is -1.31. The van der Waals surface area contributed by atoms with Gasteiger partial charge < -0.3 is 30.5 Å². The lowest BCUT2D eigenvalue weighted by Gasteiger charge is -2.40. The number of carbonyl (C=O) groups excluding carboxylic acids is 2. The largest absolute Gasteiger partial charge is 0.507 e. The number of aromatic nitrogens is 3. The van der Waals surface area contributed by atoms with E-state index in [-0.39, 0.29) is 42.5 Å². The fourth-order valence-corrected chi connectivity index (χ4v) is 5.10. The summed E-state index contributed by atoms with van der Waals surface area (Å²) in [6.45, 7) is -0.155. The van der Waals surface area contributed by atoms with Crippen molar-refractivity contribution < 1.29 is 33.5 Å². The fraction of sp³-hybridized carbons (Fsp3) is 0.200. The van der Waals surface area contributed by atoms with Crippen molar-refractivity contribution in [2.24, 2.45) is 0 Å². The Bertz CT molecular complexity index is 1800. The van der Waals surface area contributed by atoms with Crippen molar-refractivity contribution in [1.82, 2.24) is 20.3 Å². The topological polar surface area (TPSA) is 169 Å². The highest BCUT2D eigenvalue weighted by molar-refractivity contribution is 5.98. The molecule has 1 saturated heterocycles. The zero-order valence-corrected chi connectivity index (χ0v) is 22.7. The molecule has 2 aromatic heterocycles. The molecule has 13 heteroatoms. The molecule has 0 spiro atoms. The normalized spacial score (nSPS) is 16.7. The Morgan fingerprint density at radius 2 is 1.93 bits per heavy atom. The third kappa shape index (κ3) is 5.50. The highest BCUT2D eigenvalue weighted by atomic mass is 19.1. The molecule has 1 unspecified atom stereocenters. The van der Waals surface area contributed by atoms with E-state index in [4.69, 9.17) is 15.0 Å². The average molecular weight is 587 g/mol. The lowest BCUT2D eigenvalue weighted by Crippen LogP contribution is -2.63. The number of para-hydroxylation sites is 1. The number of hydrogen-bond acceptors (Lipinski definition) is 9. The van der Waals surface area contributed by atoms with Gasteiger partial charge in [-0.1, -0.05) is 23.4 Å². The molecule has 6 rings (SSSR count). The van der Waals surface area contributed by atoms with Crippen molar-refractivity contribution in [3.05, 3.63) is 95.9 Å². The van der Waals surface area contributed by atoms with Crippen LogP contribution in [0.25, 0.3) is 16.7 Å². The molecule has 220 valence electrons. The number of benzene rings is 3. The van der Waals surface area contributed by atoms with E-state index in [1.54, 1.807) is 54.7 Å². The van der Waals surface area contributed by atoms with Crippen molar-refractivity contribution in [1.29, 1.82) is 0 Å². The van der Waals surface area contributed by atoms with Crippen LogP contribution in [0.15, 0.2) is 83.5 Å². The number of phenols is 1. The van der Waals surface area contributed by atoms with Crippen LogP contribution in [0.5, 0.6) is 5.75 Å². The second-order valence-corrected chi connectivity index (χ2v) is 10.2. The second kappa shape index (κ2) is 11.2. The molecule has 2 atom stereocenters. The monoisotopic (exact) mass is 586 g/mol. The molecule has 2 amide bonds. The Morgan fingerprint density at radius 1 is 1.14 bits per heavy atom. The molecule has 1 fully saturated rings. The Kier molecular flexibility index (Phi) is 7.26. The van der Waals surface area contributed by atoms with E-state index in [9.17, 15) is 24.2 Å². The molecule has 0 bridgehead atoms. The van der Waals surface area contributed by atoms with E-state index in [1.807, 2.05) is 0 Å². The number of aromatic hydroxyl groups is 1. The number of hydrogen-bond donors (Lipinski definition) is 4. The van der Waals surface area contributed by atoms with Gasteiger partial charge in [0.1, 0.15) is 17.2 Å². The number of ether oxygens (including phenoxy) is 1. The van der Waals surface area contributed by atoms with Crippen molar-refractivity contribution in [3.63, 3.8) is 0 Å². The number of amides is 2. The van der Waals surface area contributed by atoms with Gasteiger partial charge in [0.25, 0.3) is 11.8 Å². The SMILES string of the molecule is Nc1noc2cc(CC(O)(CNC(=O)c3ccccc3O)[C@H]3OCCN(c4ccn(-c5ccc(F)cc5)n4)C3=O)ccc12. The molecule has 5 aromatic rings. The first-order chi connectivity index (χ1) is 20.7. The molecule has 43 heavy (non-hydrogen) atoms. The molecule has 5 N–H and O–H groups in total. The number of morpholine rings is 1. The first kappa shape index (κ1) is 27.9. The maximum atomic E-state index is 13.9. The Morgan fingerprint density at radius 3 is 2.72 bits per heavy atom. The van der Waals surface area contributed by atoms with Gasteiger partial charge >= 0.3 is 0 Å². The number of aliphatic hydroxyl groups is 1. The molecule has 3 heterocycles. The average Bonchev–Trinajstić information content (AvgIpc) is 3.64. The van der Waals surface area contributed by atoms with Crippen molar-refractivity contribution in [2.45, 2.75) is 18.1 Å². The van der Waals surface area contributed by atoms with Crippen LogP contribution in [-0.4, -0.2) is 68.4 Å². The lowest BCUT2D eigenvalue weighted by atomic mass is 9.86. The quantitative estimate of drug-likeness (QED) is 0.214. The summed E-state index contributed by atoms with van der Waals surface area (Å²) in [6, 6.07) is 18.4. The molecule has 0 radical (unpaired) electrons. The smallest absolute Gasteiger partial charge is 0.260 e. The van der Waals surface area contributed by atoms with Crippen LogP contribution >= 0.6 is 0 Å². The number of carbonyl (C=O) groups is 2. The zero-order chi connectivity index (χ0) is 30.1. The predicted octanol–water partition coefficient (Wildman–Crippen LogP) is 2.58. The number of rotatable bonds is 8. The summed E-state index contributed by atoms with van der Waals surface area (Å²) in [7, 11) is 0. The van der Waals surface area contributed by atoms with Crippen molar-refractivity contribution in [2.75, 3.05) is 30.3 Å². The first-order valence-corrected chi connectivity index (χ1v) is 13.4. The minimum atomic E-state index is -1.95. The third-order valence-corrected chi connectivity index (χ3v) is 7.30. The van der Waals surface area contributed by atoms with Gasteiger partial charge in [-0.25, -0.2) is 9.07 Å². The molecular formula is C30H27FN6O6. The lowest BCUT2D eigenvalue weighted by molar-refractivity contribution is -0.157. The van der Waals surface area contributed by atoms with Gasteiger partial charge in [-0.15, -0.1) is 5.10 Å². The van der Waals surface area contributed by atoms with Crippen LogP contribution < -0.4 is 16.0 Å². The summed E-state index contributed by atoms with van der Waals surface area (Å²) in [6.07, 6.45) is 0.105. The number of nitrogens with one attached hydrogen (secondary N) is 1. The fourth-order valence-electron chi connectivity index (χ4n) is 5.10. The van der Waals surface area contributed by atoms with Gasteiger partial charge in [0, 0.05) is 18.7 Å². The van der Waals surface area contributed by atoms with Crippen molar-refractivity contribution >= 4 is 34.4 Å². The number of halogens is 1. The number of fused-ring (bicyclic) bond motifs is 1. The number of phenolic OH excluding ortho intramolecular Hbond substituents is 1. The highest BCUT2D eigenvalue weighted by Crippen LogP contribution is 2.29. The molecule has 0 saturated carbocycles. The molecule has 1 aliphatic heterocycles. The minimum Gasteiger partial charge on any atom is -0.507 e.